The number of carbonyl (C=O) groups is 1. The topological polar surface area (TPSA) is 94.1 Å². The van der Waals surface area contributed by atoms with Crippen LogP contribution in [0.1, 0.15) is 219 Å². The number of carbonyl (C=O) groups excluding carboxylic acids is 1. The van der Waals surface area contributed by atoms with Crippen LogP contribution < -0.4 is 4.89 Å². The van der Waals surface area contributed by atoms with Gasteiger partial charge in [-0.3, -0.25) is 9.36 Å². The fourth-order valence-corrected chi connectivity index (χ4v) is 8.02. The van der Waals surface area contributed by atoms with Gasteiger partial charge >= 0.3 is 5.97 Å². The van der Waals surface area contributed by atoms with Gasteiger partial charge in [0.05, 0.1) is 34.4 Å². The highest BCUT2D eigenvalue weighted by Crippen LogP contribution is 2.38. The molecule has 2 unspecified atom stereocenters. The third-order valence-electron chi connectivity index (χ3n) is 11.5. The number of unbranched alkanes of at least 4 members (excludes halogenated alkanes) is 22. The van der Waals surface area contributed by atoms with E-state index in [0.717, 1.165) is 83.5 Å². The van der Waals surface area contributed by atoms with Crippen molar-refractivity contribution in [2.45, 2.75) is 225 Å². The third-order valence-corrected chi connectivity index (χ3v) is 12.4. The minimum absolute atomic E-state index is 0.0144. The van der Waals surface area contributed by atoms with Gasteiger partial charge in [0, 0.05) is 13.0 Å². The molecular weight excluding hydrogens is 854 g/mol. The van der Waals surface area contributed by atoms with Gasteiger partial charge in [0.15, 0.2) is 0 Å². The largest absolute Gasteiger partial charge is 0.756 e. The second-order valence-corrected chi connectivity index (χ2v) is 20.6. The van der Waals surface area contributed by atoms with Gasteiger partial charge < -0.3 is 27.9 Å². The van der Waals surface area contributed by atoms with E-state index in [1.54, 1.807) is 0 Å². The number of rotatable bonds is 50. The van der Waals surface area contributed by atoms with Crippen molar-refractivity contribution in [1.29, 1.82) is 0 Å². The molecule has 0 saturated carbocycles. The van der Waals surface area contributed by atoms with Gasteiger partial charge in [0.25, 0.3) is 7.82 Å². The number of likely N-dealkylation sites (N-methyl/N-ethyl adjacent to an activating group) is 1. The van der Waals surface area contributed by atoms with Gasteiger partial charge in [0.2, 0.25) is 0 Å². The first-order chi connectivity index (χ1) is 32.6. The molecule has 67 heavy (non-hydrogen) atoms. The third kappa shape index (κ3) is 54.5. The lowest BCUT2D eigenvalue weighted by Gasteiger charge is -2.28. The van der Waals surface area contributed by atoms with Crippen LogP contribution in [0.4, 0.5) is 0 Å². The minimum Gasteiger partial charge on any atom is -0.756 e. The number of quaternary nitrogens is 1. The van der Waals surface area contributed by atoms with Crippen molar-refractivity contribution >= 4 is 13.8 Å². The molecule has 0 saturated heterocycles. The molecule has 0 N–H and O–H groups in total. The maximum absolute atomic E-state index is 12.8. The fraction of sp³-hybridized carbons (Fsp3) is 0.741. The quantitative estimate of drug-likeness (QED) is 0.0197. The molecule has 0 rings (SSSR count). The van der Waals surface area contributed by atoms with E-state index >= 15 is 0 Å². The van der Waals surface area contributed by atoms with Crippen molar-refractivity contribution in [3.8, 4) is 0 Å². The highest BCUT2D eigenvalue weighted by atomic mass is 31.2. The normalized spacial score (nSPS) is 14.2. The lowest BCUT2D eigenvalue weighted by atomic mass is 10.0. The SMILES string of the molecule is CC/C=C\C/C=C\C/C=C\C/C=C\C/C=C\C/C=C\C/C=C\CCCCOCC(COP(=O)([O-])OCC[N+](C)(C)C)OC(=O)CCCCCCCCCCCCCCCCCCCCCCC. The Morgan fingerprint density at radius 3 is 1.27 bits per heavy atom. The molecule has 0 amide bonds. The summed E-state index contributed by atoms with van der Waals surface area (Å²) < 4.78 is 34.7. The van der Waals surface area contributed by atoms with Crippen molar-refractivity contribution in [2.24, 2.45) is 0 Å². The van der Waals surface area contributed by atoms with E-state index in [1.165, 1.54) is 116 Å². The van der Waals surface area contributed by atoms with E-state index in [-0.39, 0.29) is 25.8 Å². The number of esters is 1. The summed E-state index contributed by atoms with van der Waals surface area (Å²) in [7, 11) is 1.32. The fourth-order valence-electron chi connectivity index (χ4n) is 7.29. The molecule has 0 bridgehead atoms. The van der Waals surface area contributed by atoms with Crippen LogP contribution in [0.2, 0.25) is 0 Å². The summed E-state index contributed by atoms with van der Waals surface area (Å²) in [4.78, 5) is 25.2. The van der Waals surface area contributed by atoms with Crippen LogP contribution in [0.5, 0.6) is 0 Å². The smallest absolute Gasteiger partial charge is 0.306 e. The zero-order valence-corrected chi connectivity index (χ0v) is 45.0. The molecule has 9 heteroatoms. The van der Waals surface area contributed by atoms with Crippen LogP contribution in [0.25, 0.3) is 0 Å². The van der Waals surface area contributed by atoms with Crippen LogP contribution in [0.3, 0.4) is 0 Å². The van der Waals surface area contributed by atoms with E-state index in [0.29, 0.717) is 24.1 Å². The summed E-state index contributed by atoms with van der Waals surface area (Å²) in [5.41, 5.74) is 0. The predicted molar refractivity (Wildman–Crippen MR) is 286 cm³/mol. The molecule has 0 aliphatic rings. The Balaban J connectivity index is 4.21. The lowest BCUT2D eigenvalue weighted by molar-refractivity contribution is -0.870. The highest BCUT2D eigenvalue weighted by molar-refractivity contribution is 7.45. The number of phosphoric ester groups is 1. The number of hydrogen-bond donors (Lipinski definition) is 0. The maximum Gasteiger partial charge on any atom is 0.306 e. The molecule has 0 radical (unpaired) electrons. The molecule has 0 heterocycles. The van der Waals surface area contributed by atoms with Gasteiger partial charge in [-0.05, 0) is 70.6 Å². The number of hydrogen-bond acceptors (Lipinski definition) is 7. The molecule has 0 fully saturated rings. The first-order valence-electron chi connectivity index (χ1n) is 27.3. The second kappa shape index (κ2) is 50.1. The zero-order chi connectivity index (χ0) is 49.0. The van der Waals surface area contributed by atoms with Crippen molar-refractivity contribution in [3.05, 3.63) is 85.1 Å². The molecule has 2 atom stereocenters. The summed E-state index contributed by atoms with van der Waals surface area (Å²) in [5, 5.41) is 0. The Hall–Kier alpha value is -2.32. The molecular formula is C58H104NO7P. The first kappa shape index (κ1) is 64.7. The first-order valence-corrected chi connectivity index (χ1v) is 28.8. The van der Waals surface area contributed by atoms with E-state index in [1.807, 2.05) is 21.1 Å². The number of nitrogens with zero attached hydrogens (tertiary/aromatic N) is 1. The van der Waals surface area contributed by atoms with E-state index in [9.17, 15) is 14.3 Å². The number of ether oxygens (including phenoxy) is 2. The predicted octanol–water partition coefficient (Wildman–Crippen LogP) is 16.5. The van der Waals surface area contributed by atoms with E-state index in [4.69, 9.17) is 18.5 Å². The molecule has 0 aromatic heterocycles. The standard InChI is InChI=1S/C58H104NO7P/c1-6-8-10-12-14-16-18-20-22-24-26-28-29-30-32-34-36-38-40-42-44-46-48-50-53-63-55-57(56-65-67(61,62)64-54-52-59(3,4)5)66-58(60)51-49-47-45-43-41-39-37-35-33-31-27-25-23-21-19-17-15-13-11-9-7-2/h8,10,14,16,20,22,26,28,30,32,36,38,42,44,57H,6-7,9,11-13,15,17-19,21,23-25,27,29,31,33-35,37,39-41,43,45-56H2,1-5H3/b10-8-,16-14-,22-20-,28-26-,32-30-,38-36-,44-42-. The van der Waals surface area contributed by atoms with Gasteiger partial charge in [-0.2, -0.15) is 0 Å². The Morgan fingerprint density at radius 2 is 0.866 bits per heavy atom. The van der Waals surface area contributed by atoms with Gasteiger partial charge in [0.1, 0.15) is 19.3 Å². The number of allylic oxidation sites excluding steroid dienone is 14. The highest BCUT2D eigenvalue weighted by Gasteiger charge is 2.20. The molecule has 0 aromatic carbocycles. The molecule has 0 spiro atoms. The van der Waals surface area contributed by atoms with E-state index in [2.05, 4.69) is 98.9 Å². The molecule has 388 valence electrons. The lowest BCUT2D eigenvalue weighted by Crippen LogP contribution is -2.37. The monoisotopic (exact) mass is 958 g/mol. The van der Waals surface area contributed by atoms with Crippen LogP contribution in [0.15, 0.2) is 85.1 Å². The van der Waals surface area contributed by atoms with Crippen LogP contribution in [-0.2, 0) is 27.9 Å². The zero-order valence-electron chi connectivity index (χ0n) is 44.1. The molecule has 0 aliphatic heterocycles. The van der Waals surface area contributed by atoms with Crippen LogP contribution in [0, 0.1) is 0 Å². The Bertz CT molecular complexity index is 1340. The van der Waals surface area contributed by atoms with Crippen molar-refractivity contribution < 1.29 is 37.3 Å². The molecule has 0 aromatic rings. The molecule has 8 nitrogen and oxygen atoms in total. The van der Waals surface area contributed by atoms with Crippen LogP contribution in [-0.4, -0.2) is 70.7 Å². The Morgan fingerprint density at radius 1 is 0.478 bits per heavy atom. The van der Waals surface area contributed by atoms with Crippen molar-refractivity contribution in [1.82, 2.24) is 0 Å². The van der Waals surface area contributed by atoms with Gasteiger partial charge in [-0.25, -0.2) is 0 Å². The Labute approximate surface area is 414 Å². The summed E-state index contributed by atoms with van der Waals surface area (Å²) in [6.45, 7) is 5.20. The maximum atomic E-state index is 12.8. The second-order valence-electron chi connectivity index (χ2n) is 19.2. The summed E-state index contributed by atoms with van der Waals surface area (Å²) in [6.07, 6.45) is 67.7. The molecule has 0 aliphatic carbocycles. The summed E-state index contributed by atoms with van der Waals surface area (Å²) >= 11 is 0. The van der Waals surface area contributed by atoms with Crippen molar-refractivity contribution in [3.63, 3.8) is 0 Å². The van der Waals surface area contributed by atoms with Crippen LogP contribution >= 0.6 is 7.82 Å². The average molecular weight is 958 g/mol. The number of phosphoric acid groups is 1. The minimum atomic E-state index is -4.55. The van der Waals surface area contributed by atoms with E-state index < -0.39 is 13.9 Å². The van der Waals surface area contributed by atoms with Gasteiger partial charge in [-0.15, -0.1) is 0 Å². The Kier molecular flexibility index (Phi) is 48.3. The average Bonchev–Trinajstić information content (AvgIpc) is 3.29. The summed E-state index contributed by atoms with van der Waals surface area (Å²) in [5.74, 6) is -0.348. The van der Waals surface area contributed by atoms with Crippen molar-refractivity contribution in [2.75, 3.05) is 54.1 Å². The summed E-state index contributed by atoms with van der Waals surface area (Å²) in [6, 6.07) is 0. The van der Waals surface area contributed by atoms with Gasteiger partial charge in [-0.1, -0.05) is 227 Å².